The molecule has 0 rings (SSSR count). The van der Waals surface area contributed by atoms with Crippen LogP contribution >= 0.6 is 0 Å². The van der Waals surface area contributed by atoms with Crippen LogP contribution in [0.15, 0.2) is 122 Å². The van der Waals surface area contributed by atoms with E-state index in [1.165, 1.54) is 128 Å². The van der Waals surface area contributed by atoms with Crippen molar-refractivity contribution in [2.24, 2.45) is 0 Å². The Hall–Kier alpha value is -4.19. The first-order valence-corrected chi connectivity index (χ1v) is 29.1. The second kappa shape index (κ2) is 58.4. The molecule has 1 atom stereocenters. The summed E-state index contributed by atoms with van der Waals surface area (Å²) >= 11 is 0. The second-order valence-corrected chi connectivity index (χ2v) is 19.0. The summed E-state index contributed by atoms with van der Waals surface area (Å²) in [4.78, 5) is 38.2. The van der Waals surface area contributed by atoms with E-state index in [1.54, 1.807) is 0 Å². The van der Waals surface area contributed by atoms with E-state index < -0.39 is 6.10 Å². The number of rotatable bonds is 51. The van der Waals surface area contributed by atoms with E-state index in [-0.39, 0.29) is 31.1 Å². The Balaban J connectivity index is 4.52. The van der Waals surface area contributed by atoms with Crippen LogP contribution in [0.2, 0.25) is 0 Å². The maximum atomic E-state index is 12.9. The van der Waals surface area contributed by atoms with Gasteiger partial charge in [0.1, 0.15) is 13.2 Å². The summed E-state index contributed by atoms with van der Waals surface area (Å²) in [6.45, 7) is 6.42. The minimum atomic E-state index is -0.807. The van der Waals surface area contributed by atoms with Gasteiger partial charge >= 0.3 is 17.9 Å². The van der Waals surface area contributed by atoms with Crippen molar-refractivity contribution in [3.63, 3.8) is 0 Å². The Kier molecular flexibility index (Phi) is 54.9. The zero-order chi connectivity index (χ0) is 51.4. The highest BCUT2D eigenvalue weighted by molar-refractivity contribution is 5.71. The molecule has 1 unspecified atom stereocenters. The van der Waals surface area contributed by atoms with Crippen molar-refractivity contribution < 1.29 is 28.6 Å². The van der Waals surface area contributed by atoms with E-state index in [0.717, 1.165) is 83.5 Å². The standard InChI is InChI=1S/C65H106O6/c1-4-7-10-13-16-19-22-25-28-31-32-35-37-40-43-46-49-52-55-58-64(67)70-61-62(71-65(68)59-56-53-50-47-44-41-38-34-30-27-24-21-18-15-12-9-6-3)60-69-63(66)57-54-51-48-45-42-39-36-33-29-26-23-20-17-14-11-8-5-2/h7,10,13,16,18-19,21-22,25-32,35,37,40,43,62H,4-6,8-9,11-12,14-15,17,20,23-24,33-34,36,38-39,41-42,44-61H2,1-3H3/b10-7-,16-13-,21-18-,22-19-,28-25-,29-26-,30-27-,32-31+,37-35-,43-40-. The molecule has 402 valence electrons. The highest BCUT2D eigenvalue weighted by Gasteiger charge is 2.19. The van der Waals surface area contributed by atoms with Crippen LogP contribution in [0.25, 0.3) is 0 Å². The fourth-order valence-corrected chi connectivity index (χ4v) is 7.74. The van der Waals surface area contributed by atoms with Crippen molar-refractivity contribution in [2.75, 3.05) is 13.2 Å². The zero-order valence-corrected chi connectivity index (χ0v) is 45.9. The number of hydrogen-bond acceptors (Lipinski definition) is 6. The molecule has 0 saturated carbocycles. The predicted octanol–water partition coefficient (Wildman–Crippen LogP) is 19.6. The fraction of sp³-hybridized carbons (Fsp3) is 0.646. The van der Waals surface area contributed by atoms with Crippen LogP contribution in [-0.2, 0) is 28.6 Å². The number of allylic oxidation sites excluding steroid dienone is 20. The molecule has 71 heavy (non-hydrogen) atoms. The largest absolute Gasteiger partial charge is 0.462 e. The van der Waals surface area contributed by atoms with E-state index >= 15 is 0 Å². The van der Waals surface area contributed by atoms with Crippen LogP contribution in [0.1, 0.15) is 252 Å². The molecule has 6 heteroatoms. The van der Waals surface area contributed by atoms with E-state index in [0.29, 0.717) is 19.3 Å². The molecule has 0 aromatic carbocycles. The van der Waals surface area contributed by atoms with Gasteiger partial charge in [0.15, 0.2) is 6.10 Å². The van der Waals surface area contributed by atoms with Crippen molar-refractivity contribution in [3.8, 4) is 0 Å². The lowest BCUT2D eigenvalue weighted by molar-refractivity contribution is -0.167. The summed E-state index contributed by atoms with van der Waals surface area (Å²) in [7, 11) is 0. The molecule has 0 N–H and O–H groups in total. The number of esters is 3. The molecule has 6 nitrogen and oxygen atoms in total. The van der Waals surface area contributed by atoms with E-state index in [4.69, 9.17) is 14.2 Å². The Morgan fingerprint density at radius 3 is 1.03 bits per heavy atom. The third kappa shape index (κ3) is 56.6. The molecule has 0 aliphatic carbocycles. The first-order chi connectivity index (χ1) is 35.0. The topological polar surface area (TPSA) is 78.9 Å². The molecule has 0 amide bonds. The van der Waals surface area contributed by atoms with Crippen molar-refractivity contribution in [1.82, 2.24) is 0 Å². The van der Waals surface area contributed by atoms with Gasteiger partial charge in [0.25, 0.3) is 0 Å². The summed E-state index contributed by atoms with van der Waals surface area (Å²) in [5.74, 6) is -0.959. The second-order valence-electron chi connectivity index (χ2n) is 19.0. The van der Waals surface area contributed by atoms with Gasteiger partial charge in [-0.25, -0.2) is 0 Å². The van der Waals surface area contributed by atoms with Gasteiger partial charge in [-0.05, 0) is 96.3 Å². The molecule has 0 bridgehead atoms. The summed E-state index contributed by atoms with van der Waals surface area (Å²) < 4.78 is 16.8. The van der Waals surface area contributed by atoms with Gasteiger partial charge in [-0.1, -0.05) is 258 Å². The van der Waals surface area contributed by atoms with Gasteiger partial charge in [0.2, 0.25) is 0 Å². The maximum absolute atomic E-state index is 12.9. The van der Waals surface area contributed by atoms with Gasteiger partial charge in [-0.15, -0.1) is 0 Å². The van der Waals surface area contributed by atoms with Gasteiger partial charge in [0, 0.05) is 19.3 Å². The van der Waals surface area contributed by atoms with E-state index in [2.05, 4.69) is 69.4 Å². The van der Waals surface area contributed by atoms with Gasteiger partial charge < -0.3 is 14.2 Å². The predicted molar refractivity (Wildman–Crippen MR) is 306 cm³/mol. The lowest BCUT2D eigenvalue weighted by Crippen LogP contribution is -2.30. The van der Waals surface area contributed by atoms with Gasteiger partial charge in [-0.2, -0.15) is 0 Å². The molecule has 0 heterocycles. The minimum absolute atomic E-state index is 0.101. The van der Waals surface area contributed by atoms with Crippen LogP contribution in [-0.4, -0.2) is 37.2 Å². The highest BCUT2D eigenvalue weighted by Crippen LogP contribution is 2.14. The Morgan fingerprint density at radius 2 is 0.606 bits per heavy atom. The Bertz CT molecular complexity index is 1500. The Morgan fingerprint density at radius 1 is 0.310 bits per heavy atom. The first kappa shape index (κ1) is 66.8. The average Bonchev–Trinajstić information content (AvgIpc) is 3.37. The van der Waals surface area contributed by atoms with Gasteiger partial charge in [-0.3, -0.25) is 14.4 Å². The fourth-order valence-electron chi connectivity index (χ4n) is 7.74. The zero-order valence-electron chi connectivity index (χ0n) is 45.9. The highest BCUT2D eigenvalue weighted by atomic mass is 16.6. The third-order valence-corrected chi connectivity index (χ3v) is 12.1. The maximum Gasteiger partial charge on any atom is 0.306 e. The lowest BCUT2D eigenvalue weighted by Gasteiger charge is -2.18. The summed E-state index contributed by atoms with van der Waals surface area (Å²) in [5.41, 5.74) is 0. The SMILES string of the molecule is CC\C=C/C=C\C=C/C=C\C=C\C=C/C=C\CCCCCC(=O)OCC(COC(=O)CCCCCCCCC/C=C\CCCCCCCC)OC(=O)CCCCCCCCC/C=C\C/C=C\CCCCC. The number of carbonyl (C=O) groups excluding carboxylic acids is 3. The Labute approximate surface area is 437 Å². The molecule has 0 radical (unpaired) electrons. The number of hydrogen-bond donors (Lipinski definition) is 0. The summed E-state index contributed by atoms with van der Waals surface area (Å²) in [6, 6.07) is 0. The lowest BCUT2D eigenvalue weighted by atomic mass is 10.1. The van der Waals surface area contributed by atoms with Crippen molar-refractivity contribution in [2.45, 2.75) is 258 Å². The molecule has 0 spiro atoms. The number of unbranched alkanes of at least 4 members (excludes halogenated alkanes) is 26. The van der Waals surface area contributed by atoms with Crippen LogP contribution in [0.3, 0.4) is 0 Å². The van der Waals surface area contributed by atoms with Crippen LogP contribution in [0.4, 0.5) is 0 Å². The van der Waals surface area contributed by atoms with Crippen LogP contribution < -0.4 is 0 Å². The number of carbonyl (C=O) groups is 3. The molecular weight excluding hydrogens is 877 g/mol. The van der Waals surface area contributed by atoms with Gasteiger partial charge in [0.05, 0.1) is 0 Å². The van der Waals surface area contributed by atoms with Crippen LogP contribution in [0, 0.1) is 0 Å². The average molecular weight is 984 g/mol. The summed E-state index contributed by atoms with van der Waals surface area (Å²) in [5, 5.41) is 0. The van der Waals surface area contributed by atoms with E-state index in [1.807, 2.05) is 72.9 Å². The van der Waals surface area contributed by atoms with Crippen molar-refractivity contribution in [1.29, 1.82) is 0 Å². The first-order valence-electron chi connectivity index (χ1n) is 29.1. The monoisotopic (exact) mass is 983 g/mol. The molecular formula is C65H106O6. The normalized spacial score (nSPS) is 13.0. The summed E-state index contributed by atoms with van der Waals surface area (Å²) in [6.07, 6.45) is 80.3. The molecule has 0 saturated heterocycles. The third-order valence-electron chi connectivity index (χ3n) is 12.1. The number of ether oxygens (including phenoxy) is 3. The molecule has 0 aromatic heterocycles. The molecule has 0 aliphatic rings. The van der Waals surface area contributed by atoms with E-state index in [9.17, 15) is 14.4 Å². The smallest absolute Gasteiger partial charge is 0.306 e. The quantitative estimate of drug-likeness (QED) is 0.0199. The van der Waals surface area contributed by atoms with Crippen molar-refractivity contribution in [3.05, 3.63) is 122 Å². The molecule has 0 aliphatic heterocycles. The molecule has 0 fully saturated rings. The minimum Gasteiger partial charge on any atom is -0.462 e. The van der Waals surface area contributed by atoms with Crippen LogP contribution in [0.5, 0.6) is 0 Å². The van der Waals surface area contributed by atoms with Crippen molar-refractivity contribution >= 4 is 17.9 Å². The molecule has 0 aromatic rings.